The molecule has 0 bridgehead atoms. The van der Waals surface area contributed by atoms with Gasteiger partial charge in [0.1, 0.15) is 17.4 Å². The van der Waals surface area contributed by atoms with Gasteiger partial charge in [0, 0.05) is 12.1 Å². The van der Waals surface area contributed by atoms with Crippen LogP contribution in [0.25, 0.3) is 0 Å². The largest absolute Gasteiger partial charge is 0.409 e. The van der Waals surface area contributed by atoms with Crippen LogP contribution in [0.5, 0.6) is 0 Å². The van der Waals surface area contributed by atoms with Crippen LogP contribution >= 0.6 is 0 Å². The summed E-state index contributed by atoms with van der Waals surface area (Å²) < 4.78 is 39.6. The van der Waals surface area contributed by atoms with Crippen molar-refractivity contribution in [3.8, 4) is 0 Å². The van der Waals surface area contributed by atoms with E-state index in [1.807, 2.05) is 5.32 Å². The molecule has 1 unspecified atom stereocenters. The molecule has 1 aromatic rings. The molecule has 0 heterocycles. The summed E-state index contributed by atoms with van der Waals surface area (Å²) in [4.78, 5) is 11.9. The summed E-state index contributed by atoms with van der Waals surface area (Å²) in [6.07, 6.45) is 0. The minimum Gasteiger partial charge on any atom is -0.409 e. The Morgan fingerprint density at radius 2 is 1.80 bits per heavy atom. The van der Waals surface area contributed by atoms with E-state index in [1.54, 1.807) is 13.8 Å². The topological polar surface area (TPSA) is 87.7 Å². The Morgan fingerprint density at radius 3 is 2.20 bits per heavy atom. The lowest BCUT2D eigenvalue weighted by Gasteiger charge is -2.19. The van der Waals surface area contributed by atoms with Gasteiger partial charge < -0.3 is 16.3 Å². The van der Waals surface area contributed by atoms with Crippen molar-refractivity contribution < 1.29 is 23.2 Å². The molecular formula is C12H14F3N3O2. The van der Waals surface area contributed by atoms with Gasteiger partial charge in [0.05, 0.1) is 0 Å². The molecule has 20 heavy (non-hydrogen) atoms. The molecule has 4 N–H and O–H groups in total. The molecule has 0 aliphatic carbocycles. The maximum absolute atomic E-state index is 13.4. The van der Waals surface area contributed by atoms with E-state index in [4.69, 9.17) is 10.9 Å². The Bertz CT molecular complexity index is 524. The zero-order valence-corrected chi connectivity index (χ0v) is 10.8. The maximum Gasteiger partial charge on any atom is 0.235 e. The Morgan fingerprint density at radius 1 is 1.30 bits per heavy atom. The fourth-order valence-corrected chi connectivity index (χ4v) is 1.70. The summed E-state index contributed by atoms with van der Waals surface area (Å²) in [5.74, 6) is -6.31. The van der Waals surface area contributed by atoms with Crippen LogP contribution < -0.4 is 11.1 Å². The van der Waals surface area contributed by atoms with Gasteiger partial charge in [-0.05, 0) is 5.92 Å². The van der Waals surface area contributed by atoms with Gasteiger partial charge in [0.2, 0.25) is 5.91 Å². The summed E-state index contributed by atoms with van der Waals surface area (Å²) >= 11 is 0. The Hall–Kier alpha value is -2.25. The fourth-order valence-electron chi connectivity index (χ4n) is 1.70. The number of carbonyl (C=O) groups is 1. The smallest absolute Gasteiger partial charge is 0.235 e. The summed E-state index contributed by atoms with van der Waals surface area (Å²) in [6, 6.07) is 0.874. The highest BCUT2D eigenvalue weighted by Crippen LogP contribution is 2.22. The zero-order chi connectivity index (χ0) is 15.4. The summed E-state index contributed by atoms with van der Waals surface area (Å²) in [6.45, 7) is 3.22. The normalized spacial score (nSPS) is 13.4. The standard InChI is InChI=1S/C12H14F3N3O2/c1-5(2)9(11(16)18-20)12(19)17-10-7(14)3-6(13)4-8(10)15/h3-5,9,20H,1-2H3,(H2,16,18)(H,17,19). The average Bonchev–Trinajstić information content (AvgIpc) is 2.33. The third kappa shape index (κ3) is 3.40. The van der Waals surface area contributed by atoms with Crippen LogP contribution in [0.15, 0.2) is 17.3 Å². The van der Waals surface area contributed by atoms with Crippen molar-refractivity contribution >= 4 is 17.4 Å². The van der Waals surface area contributed by atoms with Crippen molar-refractivity contribution in [1.29, 1.82) is 0 Å². The van der Waals surface area contributed by atoms with Gasteiger partial charge in [0.25, 0.3) is 0 Å². The van der Waals surface area contributed by atoms with Crippen LogP contribution in [0.4, 0.5) is 18.9 Å². The molecule has 110 valence electrons. The predicted molar refractivity (Wildman–Crippen MR) is 66.7 cm³/mol. The van der Waals surface area contributed by atoms with E-state index in [2.05, 4.69) is 5.16 Å². The highest BCUT2D eigenvalue weighted by Gasteiger charge is 2.28. The van der Waals surface area contributed by atoms with E-state index < -0.39 is 35.0 Å². The molecular weight excluding hydrogens is 275 g/mol. The molecule has 0 aromatic heterocycles. The summed E-state index contributed by atoms with van der Waals surface area (Å²) in [5, 5.41) is 13.3. The van der Waals surface area contributed by atoms with E-state index in [0.717, 1.165) is 0 Å². The zero-order valence-electron chi connectivity index (χ0n) is 10.8. The van der Waals surface area contributed by atoms with Crippen LogP contribution in [-0.4, -0.2) is 17.0 Å². The molecule has 1 rings (SSSR count). The average molecular weight is 289 g/mol. The highest BCUT2D eigenvalue weighted by molar-refractivity contribution is 6.08. The first kappa shape index (κ1) is 15.8. The van der Waals surface area contributed by atoms with E-state index in [0.29, 0.717) is 12.1 Å². The molecule has 5 nitrogen and oxygen atoms in total. The number of anilines is 1. The molecule has 0 radical (unpaired) electrons. The van der Waals surface area contributed by atoms with E-state index in [1.165, 1.54) is 0 Å². The molecule has 0 saturated carbocycles. The minimum atomic E-state index is -1.25. The number of carbonyl (C=O) groups excluding carboxylic acids is 1. The molecule has 0 aliphatic heterocycles. The molecule has 1 aromatic carbocycles. The highest BCUT2D eigenvalue weighted by atomic mass is 19.1. The molecule has 0 spiro atoms. The maximum atomic E-state index is 13.4. The fraction of sp³-hybridized carbons (Fsp3) is 0.333. The van der Waals surface area contributed by atoms with Crippen molar-refractivity contribution in [3.63, 3.8) is 0 Å². The number of nitrogens with one attached hydrogen (secondary N) is 1. The Balaban J connectivity index is 3.06. The lowest BCUT2D eigenvalue weighted by atomic mass is 9.93. The number of nitrogens with zero attached hydrogens (tertiary/aromatic N) is 1. The van der Waals surface area contributed by atoms with Crippen LogP contribution in [0.1, 0.15) is 13.8 Å². The van der Waals surface area contributed by atoms with Crippen molar-refractivity contribution in [2.75, 3.05) is 5.32 Å². The van der Waals surface area contributed by atoms with Crippen molar-refractivity contribution in [3.05, 3.63) is 29.6 Å². The monoisotopic (exact) mass is 289 g/mol. The number of nitrogens with two attached hydrogens (primary N) is 1. The number of oxime groups is 1. The quantitative estimate of drug-likeness (QED) is 0.343. The van der Waals surface area contributed by atoms with Gasteiger partial charge in [-0.1, -0.05) is 19.0 Å². The van der Waals surface area contributed by atoms with E-state index >= 15 is 0 Å². The minimum absolute atomic E-state index is 0.377. The van der Waals surface area contributed by atoms with E-state index in [-0.39, 0.29) is 11.8 Å². The molecule has 0 saturated heterocycles. The second-order valence-electron chi connectivity index (χ2n) is 4.48. The second kappa shape index (κ2) is 6.27. The van der Waals surface area contributed by atoms with Gasteiger partial charge in [-0.25, -0.2) is 13.2 Å². The predicted octanol–water partition coefficient (Wildman–Crippen LogP) is 2.06. The molecule has 0 fully saturated rings. The molecule has 1 amide bonds. The summed E-state index contributed by atoms with van der Waals surface area (Å²) in [7, 11) is 0. The lowest BCUT2D eigenvalue weighted by molar-refractivity contribution is -0.119. The molecule has 8 heteroatoms. The van der Waals surface area contributed by atoms with Gasteiger partial charge >= 0.3 is 0 Å². The molecule has 1 atom stereocenters. The first-order valence-corrected chi connectivity index (χ1v) is 5.70. The van der Waals surface area contributed by atoms with Crippen LogP contribution in [0.2, 0.25) is 0 Å². The number of rotatable bonds is 4. The Kier molecular flexibility index (Phi) is 4.95. The number of amides is 1. The number of hydrogen-bond acceptors (Lipinski definition) is 3. The van der Waals surface area contributed by atoms with Gasteiger partial charge in [0.15, 0.2) is 17.5 Å². The third-order valence-corrected chi connectivity index (χ3v) is 2.64. The number of halogens is 3. The van der Waals surface area contributed by atoms with Gasteiger partial charge in [-0.2, -0.15) is 0 Å². The van der Waals surface area contributed by atoms with Crippen LogP contribution in [-0.2, 0) is 4.79 Å². The van der Waals surface area contributed by atoms with Crippen molar-refractivity contribution in [1.82, 2.24) is 0 Å². The van der Waals surface area contributed by atoms with Crippen molar-refractivity contribution in [2.45, 2.75) is 13.8 Å². The Labute approximate surface area is 113 Å². The first-order chi connectivity index (χ1) is 9.27. The van der Waals surface area contributed by atoms with E-state index in [9.17, 15) is 18.0 Å². The van der Waals surface area contributed by atoms with Crippen LogP contribution in [0, 0.1) is 29.3 Å². The summed E-state index contributed by atoms with van der Waals surface area (Å²) in [5.41, 5.74) is 4.58. The SMILES string of the molecule is CC(C)C(C(=O)Nc1c(F)cc(F)cc1F)C(N)=NO. The number of benzene rings is 1. The van der Waals surface area contributed by atoms with Gasteiger partial charge in [-0.15, -0.1) is 0 Å². The molecule has 0 aliphatic rings. The number of hydrogen-bond donors (Lipinski definition) is 3. The second-order valence-corrected chi connectivity index (χ2v) is 4.48. The lowest BCUT2D eigenvalue weighted by Crippen LogP contribution is -2.38. The number of amidine groups is 1. The first-order valence-electron chi connectivity index (χ1n) is 5.70. The third-order valence-electron chi connectivity index (χ3n) is 2.64. The van der Waals surface area contributed by atoms with Crippen molar-refractivity contribution in [2.24, 2.45) is 22.7 Å². The van der Waals surface area contributed by atoms with Gasteiger partial charge in [-0.3, -0.25) is 4.79 Å². The van der Waals surface area contributed by atoms with Crippen LogP contribution in [0.3, 0.4) is 0 Å².